The van der Waals surface area contributed by atoms with Crippen LogP contribution >= 0.6 is 11.3 Å². The van der Waals surface area contributed by atoms with Gasteiger partial charge in [0.05, 0.1) is 11.7 Å². The maximum atomic E-state index is 10.5. The average Bonchev–Trinajstić information content (AvgIpc) is 2.55. The lowest BCUT2D eigenvalue weighted by molar-refractivity contribution is 0.528. The molecular weight excluding hydrogens is 166 g/mol. The topological polar surface area (TPSA) is 71.8 Å². The van der Waals surface area contributed by atoms with Gasteiger partial charge in [-0.1, -0.05) is 0 Å². The molecule has 0 spiro atoms. The highest BCUT2D eigenvalue weighted by atomic mass is 32.1. The molecule has 5 nitrogen and oxygen atoms in total. The lowest BCUT2D eigenvalue weighted by Crippen LogP contribution is -1.93. The monoisotopic (exact) mass is 169 g/mol. The zero-order chi connectivity index (χ0) is 7.68. The molecule has 0 saturated carbocycles. The van der Waals surface area contributed by atoms with Crippen molar-refractivity contribution in [2.24, 2.45) is 0 Å². The van der Waals surface area contributed by atoms with E-state index in [4.69, 9.17) is 0 Å². The fraction of sp³-hybridized carbons (Fsp3) is 0. The first kappa shape index (κ1) is 6.29. The minimum Gasteiger partial charge on any atom is -0.387 e. The van der Waals surface area contributed by atoms with Gasteiger partial charge < -0.3 is 4.42 Å². The Morgan fingerprint density at radius 2 is 2.55 bits per heavy atom. The SMILES string of the molecule is O=c1[nH]nc(-c2cncs2)o1. The molecule has 1 N–H and O–H groups in total. The lowest BCUT2D eigenvalue weighted by atomic mass is 10.6. The number of nitrogens with zero attached hydrogens (tertiary/aromatic N) is 2. The standard InChI is InChI=1S/C5H3N3O2S/c9-5-8-7-4(10-5)3-1-6-2-11-3/h1-2H,(H,8,9). The summed E-state index contributed by atoms with van der Waals surface area (Å²) in [5.41, 5.74) is 1.64. The Labute approximate surface area is 64.7 Å². The molecule has 2 rings (SSSR count). The van der Waals surface area contributed by atoms with Crippen molar-refractivity contribution >= 4 is 11.3 Å². The third-order valence-electron chi connectivity index (χ3n) is 1.08. The van der Waals surface area contributed by atoms with Gasteiger partial charge in [0, 0.05) is 0 Å². The van der Waals surface area contributed by atoms with Gasteiger partial charge in [0.2, 0.25) is 0 Å². The third kappa shape index (κ3) is 1.07. The van der Waals surface area contributed by atoms with Crippen LogP contribution in [-0.4, -0.2) is 15.2 Å². The molecule has 56 valence electrons. The van der Waals surface area contributed by atoms with Gasteiger partial charge in [0.1, 0.15) is 4.88 Å². The fourth-order valence-electron chi connectivity index (χ4n) is 0.657. The first-order valence-electron chi connectivity index (χ1n) is 2.80. The molecule has 2 aromatic heterocycles. The normalized spacial score (nSPS) is 10.2. The summed E-state index contributed by atoms with van der Waals surface area (Å²) >= 11 is 1.36. The average molecular weight is 169 g/mol. The Morgan fingerprint density at radius 3 is 3.09 bits per heavy atom. The number of thiazole rings is 1. The molecule has 0 atom stereocenters. The number of H-pyrrole nitrogens is 1. The van der Waals surface area contributed by atoms with Crippen molar-refractivity contribution in [3.8, 4) is 10.8 Å². The Kier molecular flexibility index (Phi) is 1.32. The van der Waals surface area contributed by atoms with Crippen molar-refractivity contribution in [1.29, 1.82) is 0 Å². The van der Waals surface area contributed by atoms with Gasteiger partial charge in [-0.05, 0) is 0 Å². The Hall–Kier alpha value is -1.43. The van der Waals surface area contributed by atoms with Gasteiger partial charge in [-0.3, -0.25) is 4.98 Å². The van der Waals surface area contributed by atoms with Crippen LogP contribution in [0.5, 0.6) is 0 Å². The van der Waals surface area contributed by atoms with Crippen molar-refractivity contribution in [2.75, 3.05) is 0 Å². The molecule has 0 aromatic carbocycles. The van der Waals surface area contributed by atoms with Gasteiger partial charge in [-0.2, -0.15) is 0 Å². The molecule has 0 aliphatic heterocycles. The van der Waals surface area contributed by atoms with E-state index in [-0.39, 0.29) is 5.89 Å². The van der Waals surface area contributed by atoms with E-state index in [0.717, 1.165) is 4.88 Å². The summed E-state index contributed by atoms with van der Waals surface area (Å²) in [5, 5.41) is 5.79. The van der Waals surface area contributed by atoms with Crippen LogP contribution in [0.2, 0.25) is 0 Å². The van der Waals surface area contributed by atoms with Crippen LogP contribution in [0, 0.1) is 0 Å². The predicted octanol–water partition coefficient (Wildman–Crippen LogP) is 0.486. The second-order valence-electron chi connectivity index (χ2n) is 1.78. The summed E-state index contributed by atoms with van der Waals surface area (Å²) in [6, 6.07) is 0. The van der Waals surface area contributed by atoms with E-state index in [1.807, 2.05) is 0 Å². The first-order valence-corrected chi connectivity index (χ1v) is 3.68. The summed E-state index contributed by atoms with van der Waals surface area (Å²) in [6.07, 6.45) is 1.59. The lowest BCUT2D eigenvalue weighted by Gasteiger charge is -1.79. The zero-order valence-corrected chi connectivity index (χ0v) is 6.09. The molecule has 2 aromatic rings. The number of hydrogen-bond acceptors (Lipinski definition) is 5. The van der Waals surface area contributed by atoms with Crippen molar-refractivity contribution < 1.29 is 4.42 Å². The molecule has 0 bridgehead atoms. The first-order chi connectivity index (χ1) is 5.36. The molecule has 0 unspecified atom stereocenters. The van der Waals surface area contributed by atoms with E-state index < -0.39 is 5.76 Å². The van der Waals surface area contributed by atoms with E-state index in [9.17, 15) is 4.79 Å². The van der Waals surface area contributed by atoms with Gasteiger partial charge in [-0.15, -0.1) is 16.4 Å². The molecular formula is C5H3N3O2S. The third-order valence-corrected chi connectivity index (χ3v) is 1.84. The van der Waals surface area contributed by atoms with Gasteiger partial charge in [0.15, 0.2) is 0 Å². The van der Waals surface area contributed by atoms with Crippen molar-refractivity contribution in [2.45, 2.75) is 0 Å². The molecule has 0 saturated heterocycles. The van der Waals surface area contributed by atoms with Crippen LogP contribution in [0.3, 0.4) is 0 Å². The highest BCUT2D eigenvalue weighted by molar-refractivity contribution is 7.13. The molecule has 0 fully saturated rings. The molecule has 2 heterocycles. The van der Waals surface area contributed by atoms with Crippen molar-refractivity contribution in [3.63, 3.8) is 0 Å². The Morgan fingerprint density at radius 1 is 1.64 bits per heavy atom. The number of hydrogen-bond donors (Lipinski definition) is 1. The Bertz CT molecular complexity index is 388. The maximum Gasteiger partial charge on any atom is 0.434 e. The zero-order valence-electron chi connectivity index (χ0n) is 5.27. The van der Waals surface area contributed by atoms with Crippen LogP contribution in [0.4, 0.5) is 0 Å². The minimum atomic E-state index is -0.548. The smallest absolute Gasteiger partial charge is 0.387 e. The van der Waals surface area contributed by atoms with E-state index in [0.29, 0.717) is 0 Å². The molecule has 0 radical (unpaired) electrons. The summed E-state index contributed by atoms with van der Waals surface area (Å²) in [5.74, 6) is -0.258. The fourth-order valence-corrected chi connectivity index (χ4v) is 1.20. The second kappa shape index (κ2) is 2.31. The van der Waals surface area contributed by atoms with E-state index in [2.05, 4.69) is 19.6 Å². The minimum absolute atomic E-state index is 0.289. The van der Waals surface area contributed by atoms with Gasteiger partial charge >= 0.3 is 5.76 Å². The second-order valence-corrected chi connectivity index (χ2v) is 2.67. The molecule has 6 heteroatoms. The van der Waals surface area contributed by atoms with Crippen LogP contribution in [0.1, 0.15) is 0 Å². The molecule has 0 aliphatic rings. The summed E-state index contributed by atoms with van der Waals surface area (Å²) in [4.78, 5) is 15.0. The van der Waals surface area contributed by atoms with E-state index in [1.165, 1.54) is 11.3 Å². The highest BCUT2D eigenvalue weighted by Gasteiger charge is 2.04. The number of aromatic amines is 1. The largest absolute Gasteiger partial charge is 0.434 e. The maximum absolute atomic E-state index is 10.5. The summed E-state index contributed by atoms with van der Waals surface area (Å²) in [7, 11) is 0. The van der Waals surface area contributed by atoms with Crippen molar-refractivity contribution in [3.05, 3.63) is 22.3 Å². The van der Waals surface area contributed by atoms with Crippen LogP contribution in [-0.2, 0) is 0 Å². The van der Waals surface area contributed by atoms with E-state index in [1.54, 1.807) is 11.7 Å². The number of nitrogens with one attached hydrogen (secondary N) is 1. The summed E-state index contributed by atoms with van der Waals surface area (Å²) in [6.45, 7) is 0. The summed E-state index contributed by atoms with van der Waals surface area (Å²) < 4.78 is 4.68. The van der Waals surface area contributed by atoms with E-state index >= 15 is 0 Å². The van der Waals surface area contributed by atoms with Crippen LogP contribution in [0.15, 0.2) is 20.9 Å². The highest BCUT2D eigenvalue weighted by Crippen LogP contribution is 2.18. The number of rotatable bonds is 1. The number of aromatic nitrogens is 3. The van der Waals surface area contributed by atoms with Gasteiger partial charge in [0.25, 0.3) is 5.89 Å². The molecule has 11 heavy (non-hydrogen) atoms. The van der Waals surface area contributed by atoms with Crippen molar-refractivity contribution in [1.82, 2.24) is 15.2 Å². The predicted molar refractivity (Wildman–Crippen MR) is 38.2 cm³/mol. The van der Waals surface area contributed by atoms with Crippen LogP contribution < -0.4 is 5.76 Å². The quantitative estimate of drug-likeness (QED) is 0.674. The van der Waals surface area contributed by atoms with Gasteiger partial charge in [-0.25, -0.2) is 9.89 Å². The van der Waals surface area contributed by atoms with Crippen LogP contribution in [0.25, 0.3) is 10.8 Å². The Balaban J connectivity index is 2.53. The molecule has 0 amide bonds. The molecule has 0 aliphatic carbocycles.